The summed E-state index contributed by atoms with van der Waals surface area (Å²) in [7, 11) is 1.67. The molecule has 1 saturated carbocycles. The number of carbonyl (C=O) groups excluding carboxylic acids is 1. The molecule has 26 heavy (non-hydrogen) atoms. The Bertz CT molecular complexity index is 712. The van der Waals surface area contributed by atoms with Gasteiger partial charge < -0.3 is 15.4 Å². The molecule has 2 amide bonds. The summed E-state index contributed by atoms with van der Waals surface area (Å²) in [6.07, 6.45) is 7.49. The van der Waals surface area contributed by atoms with Crippen LogP contribution in [-0.4, -0.2) is 24.2 Å². The number of aromatic nitrogens is 1. The number of hydrogen-bond donors (Lipinski definition) is 3. The van der Waals surface area contributed by atoms with Crippen LogP contribution < -0.4 is 20.7 Å². The van der Waals surface area contributed by atoms with Gasteiger partial charge in [-0.05, 0) is 31.0 Å². The molecule has 138 valence electrons. The van der Waals surface area contributed by atoms with E-state index in [0.717, 1.165) is 29.8 Å². The summed E-state index contributed by atoms with van der Waals surface area (Å²) >= 11 is 0. The SMILES string of the molecule is COc1ccccc1CNc1ccc(NC(=O)NC2CCCCC2)nc1. The summed E-state index contributed by atoms with van der Waals surface area (Å²) in [5, 5.41) is 9.13. The van der Waals surface area contributed by atoms with Crippen molar-refractivity contribution >= 4 is 17.5 Å². The topological polar surface area (TPSA) is 75.3 Å². The highest BCUT2D eigenvalue weighted by Gasteiger charge is 2.15. The lowest BCUT2D eigenvalue weighted by Crippen LogP contribution is -2.39. The Kier molecular flexibility index (Phi) is 6.30. The maximum atomic E-state index is 12.1. The standard InChI is InChI=1S/C20H26N4O2/c1-26-18-10-6-5-7-15(18)13-21-17-11-12-19(22-14-17)24-20(25)23-16-8-3-2-4-9-16/h5-7,10-12,14,16,21H,2-4,8-9,13H2,1H3,(H2,22,23,24,25). The lowest BCUT2D eigenvalue weighted by molar-refractivity contribution is 0.244. The number of hydrogen-bond acceptors (Lipinski definition) is 4. The van der Waals surface area contributed by atoms with E-state index < -0.39 is 0 Å². The third-order valence-electron chi connectivity index (χ3n) is 4.62. The Hall–Kier alpha value is -2.76. The van der Waals surface area contributed by atoms with Crippen molar-refractivity contribution in [1.82, 2.24) is 10.3 Å². The average Bonchev–Trinajstić information content (AvgIpc) is 2.68. The number of urea groups is 1. The number of rotatable bonds is 6. The van der Waals surface area contributed by atoms with Crippen molar-refractivity contribution in [2.24, 2.45) is 0 Å². The molecule has 2 aromatic rings. The summed E-state index contributed by atoms with van der Waals surface area (Å²) in [5.41, 5.74) is 1.96. The van der Waals surface area contributed by atoms with E-state index in [0.29, 0.717) is 12.4 Å². The fourth-order valence-electron chi connectivity index (χ4n) is 3.20. The molecular formula is C20H26N4O2. The van der Waals surface area contributed by atoms with E-state index in [9.17, 15) is 4.79 Å². The first kappa shape index (κ1) is 18.0. The zero-order valence-electron chi connectivity index (χ0n) is 15.1. The number of para-hydroxylation sites is 1. The number of carbonyl (C=O) groups is 1. The van der Waals surface area contributed by atoms with Crippen LogP contribution in [0.1, 0.15) is 37.7 Å². The lowest BCUT2D eigenvalue weighted by Gasteiger charge is -2.22. The van der Waals surface area contributed by atoms with Crippen molar-refractivity contribution in [1.29, 1.82) is 0 Å². The highest BCUT2D eigenvalue weighted by molar-refractivity contribution is 5.88. The molecule has 6 nitrogen and oxygen atoms in total. The predicted molar refractivity (Wildman–Crippen MR) is 104 cm³/mol. The van der Waals surface area contributed by atoms with Crippen molar-refractivity contribution in [3.05, 3.63) is 48.2 Å². The second-order valence-corrected chi connectivity index (χ2v) is 6.53. The van der Waals surface area contributed by atoms with Gasteiger partial charge in [0.15, 0.2) is 0 Å². The summed E-state index contributed by atoms with van der Waals surface area (Å²) in [4.78, 5) is 16.4. The van der Waals surface area contributed by atoms with Gasteiger partial charge in [0.2, 0.25) is 0 Å². The Balaban J connectivity index is 1.49. The van der Waals surface area contributed by atoms with E-state index >= 15 is 0 Å². The Morgan fingerprint density at radius 2 is 1.96 bits per heavy atom. The molecule has 1 aliphatic rings. The molecule has 0 atom stereocenters. The molecule has 0 saturated heterocycles. The predicted octanol–water partition coefficient (Wildman–Crippen LogP) is 4.16. The lowest BCUT2D eigenvalue weighted by atomic mass is 9.96. The highest BCUT2D eigenvalue weighted by Crippen LogP contribution is 2.20. The van der Waals surface area contributed by atoms with E-state index in [2.05, 4.69) is 20.9 Å². The molecule has 1 aliphatic carbocycles. The number of benzene rings is 1. The number of amides is 2. The van der Waals surface area contributed by atoms with Gasteiger partial charge in [-0.3, -0.25) is 5.32 Å². The smallest absolute Gasteiger partial charge is 0.320 e. The van der Waals surface area contributed by atoms with Crippen molar-refractivity contribution in [3.63, 3.8) is 0 Å². The summed E-state index contributed by atoms with van der Waals surface area (Å²) in [5.74, 6) is 1.40. The summed E-state index contributed by atoms with van der Waals surface area (Å²) in [6.45, 7) is 0.640. The van der Waals surface area contributed by atoms with Crippen molar-refractivity contribution in [2.45, 2.75) is 44.7 Å². The van der Waals surface area contributed by atoms with Crippen molar-refractivity contribution in [3.8, 4) is 5.75 Å². The van der Waals surface area contributed by atoms with Gasteiger partial charge in [0, 0.05) is 18.2 Å². The fourth-order valence-corrected chi connectivity index (χ4v) is 3.20. The number of nitrogens with one attached hydrogen (secondary N) is 3. The van der Waals surface area contributed by atoms with E-state index in [1.54, 1.807) is 19.4 Å². The molecule has 0 bridgehead atoms. The van der Waals surface area contributed by atoms with Crippen LogP contribution in [0, 0.1) is 0 Å². The van der Waals surface area contributed by atoms with Crippen LogP contribution >= 0.6 is 0 Å². The normalized spacial score (nSPS) is 14.5. The monoisotopic (exact) mass is 354 g/mol. The van der Waals surface area contributed by atoms with Crippen LogP contribution in [0.5, 0.6) is 5.75 Å². The number of methoxy groups -OCH3 is 1. The second kappa shape index (κ2) is 9.08. The molecule has 0 unspecified atom stereocenters. The van der Waals surface area contributed by atoms with Crippen LogP contribution in [0.3, 0.4) is 0 Å². The zero-order chi connectivity index (χ0) is 18.2. The molecule has 1 aromatic carbocycles. The second-order valence-electron chi connectivity index (χ2n) is 6.53. The van der Waals surface area contributed by atoms with E-state index in [1.807, 2.05) is 30.3 Å². The van der Waals surface area contributed by atoms with E-state index in [4.69, 9.17) is 4.74 Å². The number of nitrogens with zero attached hydrogens (tertiary/aromatic N) is 1. The molecule has 0 aliphatic heterocycles. The minimum Gasteiger partial charge on any atom is -0.496 e. The molecule has 1 aromatic heterocycles. The first-order chi connectivity index (χ1) is 12.7. The van der Waals surface area contributed by atoms with E-state index in [1.165, 1.54) is 19.3 Å². The number of anilines is 2. The van der Waals surface area contributed by atoms with E-state index in [-0.39, 0.29) is 12.1 Å². The average molecular weight is 354 g/mol. The third-order valence-corrected chi connectivity index (χ3v) is 4.62. The zero-order valence-corrected chi connectivity index (χ0v) is 15.1. The summed E-state index contributed by atoms with van der Waals surface area (Å²) in [6, 6.07) is 11.7. The van der Waals surface area contributed by atoms with Gasteiger partial charge in [0.25, 0.3) is 0 Å². The molecule has 1 heterocycles. The molecule has 1 fully saturated rings. The first-order valence-corrected chi connectivity index (χ1v) is 9.14. The van der Waals surface area contributed by atoms with Crippen LogP contribution in [0.4, 0.5) is 16.3 Å². The van der Waals surface area contributed by atoms with Crippen LogP contribution in [-0.2, 0) is 6.54 Å². The van der Waals surface area contributed by atoms with Gasteiger partial charge in [0.1, 0.15) is 11.6 Å². The maximum absolute atomic E-state index is 12.1. The molecule has 0 spiro atoms. The maximum Gasteiger partial charge on any atom is 0.320 e. The van der Waals surface area contributed by atoms with Gasteiger partial charge in [0.05, 0.1) is 19.0 Å². The quantitative estimate of drug-likeness (QED) is 0.728. The van der Waals surface area contributed by atoms with Gasteiger partial charge >= 0.3 is 6.03 Å². The largest absolute Gasteiger partial charge is 0.496 e. The molecule has 0 radical (unpaired) electrons. The molecule has 3 N–H and O–H groups in total. The van der Waals surface area contributed by atoms with Crippen LogP contribution in [0.2, 0.25) is 0 Å². The Morgan fingerprint density at radius 1 is 1.15 bits per heavy atom. The van der Waals surface area contributed by atoms with Crippen molar-refractivity contribution in [2.75, 3.05) is 17.7 Å². The summed E-state index contributed by atoms with van der Waals surface area (Å²) < 4.78 is 5.35. The molecule has 6 heteroatoms. The Labute approximate surface area is 154 Å². The third kappa shape index (κ3) is 5.12. The highest BCUT2D eigenvalue weighted by atomic mass is 16.5. The minimum absolute atomic E-state index is 0.181. The van der Waals surface area contributed by atoms with Crippen molar-refractivity contribution < 1.29 is 9.53 Å². The van der Waals surface area contributed by atoms with Gasteiger partial charge in [-0.25, -0.2) is 9.78 Å². The number of pyridine rings is 1. The first-order valence-electron chi connectivity index (χ1n) is 9.14. The fraction of sp³-hybridized carbons (Fsp3) is 0.400. The van der Waals surface area contributed by atoms with Gasteiger partial charge in [-0.15, -0.1) is 0 Å². The van der Waals surface area contributed by atoms with Gasteiger partial charge in [-0.1, -0.05) is 37.5 Å². The molecule has 3 rings (SSSR count). The minimum atomic E-state index is -0.181. The Morgan fingerprint density at radius 3 is 2.69 bits per heavy atom. The van der Waals surface area contributed by atoms with Crippen LogP contribution in [0.25, 0.3) is 0 Å². The number of ether oxygens (including phenoxy) is 1. The molecular weight excluding hydrogens is 328 g/mol. The van der Waals surface area contributed by atoms with Gasteiger partial charge in [-0.2, -0.15) is 0 Å². The van der Waals surface area contributed by atoms with Crippen LogP contribution in [0.15, 0.2) is 42.6 Å².